The first-order valence-corrected chi connectivity index (χ1v) is 11.6. The third-order valence-electron chi connectivity index (χ3n) is 5.18. The quantitative estimate of drug-likeness (QED) is 0.292. The van der Waals surface area contributed by atoms with E-state index >= 15 is 0 Å². The Bertz CT molecular complexity index is 1500. The summed E-state index contributed by atoms with van der Waals surface area (Å²) < 4.78 is 18.0. The Balaban J connectivity index is 1.53. The van der Waals surface area contributed by atoms with Crippen LogP contribution in [0.1, 0.15) is 5.56 Å². The lowest BCUT2D eigenvalue weighted by molar-refractivity contribution is 0.628. The first kappa shape index (κ1) is 21.9. The molecule has 1 N–H and O–H groups in total. The summed E-state index contributed by atoms with van der Waals surface area (Å²) in [5, 5.41) is 2.61. The van der Waals surface area contributed by atoms with Gasteiger partial charge in [-0.1, -0.05) is 54.6 Å². The number of nitrogens with zero attached hydrogens (tertiary/aromatic N) is 4. The van der Waals surface area contributed by atoms with E-state index < -0.39 is 0 Å². The SMILES string of the molecule is C=C(Nn1c(-c2ccc(Cl)cc2)csc1=Nc1ccccc1F)c1ccc(-n2ccnc2)cc1. The van der Waals surface area contributed by atoms with Gasteiger partial charge in [0.05, 0.1) is 17.7 Å². The van der Waals surface area contributed by atoms with Gasteiger partial charge in [0.25, 0.3) is 0 Å². The van der Waals surface area contributed by atoms with Crippen molar-refractivity contribution >= 4 is 34.3 Å². The van der Waals surface area contributed by atoms with Crippen LogP contribution in [0, 0.1) is 5.82 Å². The van der Waals surface area contributed by atoms with Crippen molar-refractivity contribution in [2.24, 2.45) is 4.99 Å². The monoisotopic (exact) mass is 487 g/mol. The minimum absolute atomic E-state index is 0.262. The third kappa shape index (κ3) is 4.57. The number of hydrogen-bond donors (Lipinski definition) is 1. The second-order valence-corrected chi connectivity index (χ2v) is 8.69. The number of thiazole rings is 1. The molecule has 0 fully saturated rings. The smallest absolute Gasteiger partial charge is 0.209 e. The van der Waals surface area contributed by atoms with Crippen molar-refractivity contribution in [3.63, 3.8) is 0 Å². The predicted molar refractivity (Wildman–Crippen MR) is 136 cm³/mol. The molecule has 5 nitrogen and oxygen atoms in total. The van der Waals surface area contributed by atoms with Crippen molar-refractivity contribution < 1.29 is 4.39 Å². The number of rotatable bonds is 6. The maximum absolute atomic E-state index is 14.3. The van der Waals surface area contributed by atoms with Crippen LogP contribution in [0.4, 0.5) is 10.1 Å². The minimum atomic E-state index is -0.385. The summed E-state index contributed by atoms with van der Waals surface area (Å²) in [7, 11) is 0. The highest BCUT2D eigenvalue weighted by Crippen LogP contribution is 2.24. The molecule has 0 aliphatic heterocycles. The molecule has 0 saturated carbocycles. The molecule has 0 spiro atoms. The lowest BCUT2D eigenvalue weighted by Crippen LogP contribution is -2.25. The molecule has 5 rings (SSSR count). The lowest BCUT2D eigenvalue weighted by Gasteiger charge is -2.15. The maximum Gasteiger partial charge on any atom is 0.209 e. The second kappa shape index (κ2) is 9.51. The Morgan fingerprint density at radius 1 is 1.03 bits per heavy atom. The Hall–Kier alpha value is -3.94. The van der Waals surface area contributed by atoms with Gasteiger partial charge in [0, 0.05) is 34.0 Å². The van der Waals surface area contributed by atoms with E-state index in [1.807, 2.05) is 69.4 Å². The number of benzene rings is 3. The van der Waals surface area contributed by atoms with Gasteiger partial charge >= 0.3 is 0 Å². The third-order valence-corrected chi connectivity index (χ3v) is 6.26. The van der Waals surface area contributed by atoms with Crippen molar-refractivity contribution in [1.29, 1.82) is 0 Å². The van der Waals surface area contributed by atoms with Crippen LogP contribution < -0.4 is 10.2 Å². The van der Waals surface area contributed by atoms with Crippen LogP contribution in [-0.4, -0.2) is 14.2 Å². The van der Waals surface area contributed by atoms with Crippen molar-refractivity contribution in [1.82, 2.24) is 14.2 Å². The molecule has 0 saturated heterocycles. The molecule has 2 heterocycles. The highest BCUT2D eigenvalue weighted by Gasteiger charge is 2.11. The van der Waals surface area contributed by atoms with E-state index in [1.54, 1.807) is 30.7 Å². The van der Waals surface area contributed by atoms with E-state index in [0.717, 1.165) is 22.5 Å². The lowest BCUT2D eigenvalue weighted by atomic mass is 10.1. The van der Waals surface area contributed by atoms with Crippen LogP contribution in [-0.2, 0) is 0 Å². The summed E-state index contributed by atoms with van der Waals surface area (Å²) in [5.41, 5.74) is 7.97. The topological polar surface area (TPSA) is 47.1 Å². The molecule has 2 aromatic heterocycles. The molecule has 34 heavy (non-hydrogen) atoms. The fourth-order valence-electron chi connectivity index (χ4n) is 3.41. The zero-order chi connectivity index (χ0) is 23.5. The molecule has 0 atom stereocenters. The Morgan fingerprint density at radius 2 is 1.79 bits per heavy atom. The van der Waals surface area contributed by atoms with Crippen LogP contribution >= 0.6 is 22.9 Å². The van der Waals surface area contributed by atoms with Gasteiger partial charge in [-0.3, -0.25) is 5.43 Å². The normalized spacial score (nSPS) is 11.5. The summed E-state index contributed by atoms with van der Waals surface area (Å²) in [4.78, 5) is 9.23. The van der Waals surface area contributed by atoms with Crippen LogP contribution in [0.25, 0.3) is 22.6 Å². The minimum Gasteiger partial charge on any atom is -0.306 e. The average Bonchev–Trinajstić information content (AvgIpc) is 3.52. The molecule has 0 unspecified atom stereocenters. The molecule has 0 aliphatic rings. The molecule has 5 aromatic rings. The zero-order valence-electron chi connectivity index (χ0n) is 17.9. The van der Waals surface area contributed by atoms with E-state index in [1.165, 1.54) is 17.4 Å². The number of imidazole rings is 1. The molecular formula is C26H19ClFN5S. The molecule has 3 aromatic carbocycles. The summed E-state index contributed by atoms with van der Waals surface area (Å²) in [6.45, 7) is 4.22. The number of nitrogens with one attached hydrogen (secondary N) is 1. The van der Waals surface area contributed by atoms with Crippen molar-refractivity contribution in [3.05, 3.63) is 125 Å². The van der Waals surface area contributed by atoms with E-state index in [2.05, 4.69) is 22.0 Å². The molecule has 0 amide bonds. The van der Waals surface area contributed by atoms with Gasteiger partial charge in [0.15, 0.2) is 0 Å². The maximum atomic E-state index is 14.3. The first-order chi connectivity index (χ1) is 16.6. The van der Waals surface area contributed by atoms with Gasteiger partial charge in [-0.05, 0) is 42.0 Å². The van der Waals surface area contributed by atoms with E-state index in [0.29, 0.717) is 15.5 Å². The number of aromatic nitrogens is 3. The number of para-hydroxylation sites is 1. The molecule has 0 aliphatic carbocycles. The summed E-state index contributed by atoms with van der Waals surface area (Å²) >= 11 is 7.48. The van der Waals surface area contributed by atoms with Gasteiger partial charge in [-0.15, -0.1) is 11.3 Å². The van der Waals surface area contributed by atoms with Crippen molar-refractivity contribution in [2.45, 2.75) is 0 Å². The van der Waals surface area contributed by atoms with Gasteiger partial charge < -0.3 is 4.57 Å². The standard InChI is InChI=1S/C26H19ClFN5S/c1-18(19-8-12-22(13-9-19)32-15-14-29-17-32)31-33-25(20-6-10-21(27)11-7-20)16-34-26(33)30-24-5-3-2-4-23(24)28/h2-17,31H,1H2. The molecular weight excluding hydrogens is 469 g/mol. The number of hydrogen-bond acceptors (Lipinski definition) is 4. The van der Waals surface area contributed by atoms with Crippen molar-refractivity contribution in [2.75, 3.05) is 5.43 Å². The summed E-state index contributed by atoms with van der Waals surface area (Å²) in [6.07, 6.45) is 5.37. The van der Waals surface area contributed by atoms with E-state index in [4.69, 9.17) is 11.6 Å². The highest BCUT2D eigenvalue weighted by atomic mass is 35.5. The van der Waals surface area contributed by atoms with Crippen LogP contribution in [0.3, 0.4) is 0 Å². The largest absolute Gasteiger partial charge is 0.306 e. The highest BCUT2D eigenvalue weighted by molar-refractivity contribution is 7.07. The summed E-state index contributed by atoms with van der Waals surface area (Å²) in [5.74, 6) is -0.385. The molecule has 8 heteroatoms. The van der Waals surface area contributed by atoms with Crippen molar-refractivity contribution in [3.8, 4) is 16.9 Å². The first-order valence-electron chi connectivity index (χ1n) is 10.4. The molecule has 0 bridgehead atoms. The van der Waals surface area contributed by atoms with Gasteiger partial charge in [-0.2, -0.15) is 0 Å². The number of halogens is 2. The van der Waals surface area contributed by atoms with E-state index in [9.17, 15) is 4.39 Å². The zero-order valence-corrected chi connectivity index (χ0v) is 19.5. The fraction of sp³-hybridized carbons (Fsp3) is 0. The predicted octanol–water partition coefficient (Wildman–Crippen LogP) is 6.64. The van der Waals surface area contributed by atoms with E-state index in [-0.39, 0.29) is 11.5 Å². The van der Waals surface area contributed by atoms with Crippen LogP contribution in [0.2, 0.25) is 5.02 Å². The Kier molecular flexibility index (Phi) is 6.12. The Labute approximate surface area is 204 Å². The van der Waals surface area contributed by atoms with Crippen LogP contribution in [0.15, 0.2) is 108 Å². The van der Waals surface area contributed by atoms with Gasteiger partial charge in [0.2, 0.25) is 4.80 Å². The Morgan fingerprint density at radius 3 is 2.50 bits per heavy atom. The summed E-state index contributed by atoms with van der Waals surface area (Å²) in [6, 6.07) is 21.9. The van der Waals surface area contributed by atoms with Gasteiger partial charge in [0.1, 0.15) is 11.5 Å². The average molecular weight is 488 g/mol. The fourth-order valence-corrected chi connectivity index (χ4v) is 4.40. The molecule has 0 radical (unpaired) electrons. The second-order valence-electron chi connectivity index (χ2n) is 7.42. The molecule has 168 valence electrons. The van der Waals surface area contributed by atoms with Crippen LogP contribution in [0.5, 0.6) is 0 Å². The van der Waals surface area contributed by atoms with Gasteiger partial charge in [-0.25, -0.2) is 19.0 Å².